The third-order valence-electron chi connectivity index (χ3n) is 4.77. The summed E-state index contributed by atoms with van der Waals surface area (Å²) in [7, 11) is 0. The Kier molecular flexibility index (Phi) is 5.00. The van der Waals surface area contributed by atoms with E-state index in [9.17, 15) is 0 Å². The van der Waals surface area contributed by atoms with E-state index in [1.54, 1.807) is 6.20 Å². The summed E-state index contributed by atoms with van der Waals surface area (Å²) in [4.78, 5) is 6.90. The molecule has 0 aliphatic carbocycles. The number of aromatic nitrogens is 1. The van der Waals surface area contributed by atoms with Crippen LogP contribution in [0.2, 0.25) is 0 Å². The molecule has 2 atom stereocenters. The summed E-state index contributed by atoms with van der Waals surface area (Å²) in [6.07, 6.45) is 7.39. The van der Waals surface area contributed by atoms with Gasteiger partial charge in [0.1, 0.15) is 0 Å². The van der Waals surface area contributed by atoms with Crippen molar-refractivity contribution in [3.8, 4) is 0 Å². The van der Waals surface area contributed by atoms with Gasteiger partial charge in [0.2, 0.25) is 0 Å². The van der Waals surface area contributed by atoms with E-state index in [0.717, 1.165) is 24.2 Å². The molecule has 0 aromatic carbocycles. The van der Waals surface area contributed by atoms with Gasteiger partial charge in [-0.05, 0) is 51.9 Å². The van der Waals surface area contributed by atoms with Crippen molar-refractivity contribution in [1.82, 2.24) is 15.2 Å². The Morgan fingerprint density at radius 2 is 2.10 bits per heavy atom. The van der Waals surface area contributed by atoms with Crippen molar-refractivity contribution in [1.29, 1.82) is 0 Å². The molecule has 1 aromatic heterocycles. The Morgan fingerprint density at radius 1 is 1.40 bits per heavy atom. The second-order valence-electron chi connectivity index (χ2n) is 5.90. The standard InChI is InChI=1S/C16H28N4/c1-4-16(3,20-10-6-7-11-20)15(19-5-2)13-12-18-9-8-14(13)17/h8-9,12,15,19H,4-7,10-11H2,1-3H3,(H2,17,18). The van der Waals surface area contributed by atoms with Crippen LogP contribution in [0.1, 0.15) is 51.6 Å². The number of rotatable bonds is 6. The molecule has 0 saturated carbocycles. The minimum Gasteiger partial charge on any atom is -0.398 e. The quantitative estimate of drug-likeness (QED) is 0.838. The van der Waals surface area contributed by atoms with Gasteiger partial charge in [0, 0.05) is 29.2 Å². The van der Waals surface area contributed by atoms with Crippen LogP contribution < -0.4 is 11.1 Å². The summed E-state index contributed by atoms with van der Waals surface area (Å²) >= 11 is 0. The molecule has 0 spiro atoms. The smallest absolute Gasteiger partial charge is 0.0540 e. The molecule has 4 heteroatoms. The molecular formula is C16H28N4. The number of hydrogen-bond donors (Lipinski definition) is 2. The van der Waals surface area contributed by atoms with Gasteiger partial charge in [-0.25, -0.2) is 0 Å². The van der Waals surface area contributed by atoms with Crippen molar-refractivity contribution >= 4 is 5.69 Å². The first-order valence-corrected chi connectivity index (χ1v) is 7.81. The number of likely N-dealkylation sites (tertiary alicyclic amines) is 1. The number of nitrogens with two attached hydrogens (primary N) is 1. The zero-order valence-corrected chi connectivity index (χ0v) is 13.0. The summed E-state index contributed by atoms with van der Waals surface area (Å²) < 4.78 is 0. The molecule has 2 heterocycles. The van der Waals surface area contributed by atoms with E-state index in [4.69, 9.17) is 5.73 Å². The molecule has 2 rings (SSSR count). The van der Waals surface area contributed by atoms with Crippen LogP contribution in [-0.4, -0.2) is 35.1 Å². The van der Waals surface area contributed by atoms with Crippen molar-refractivity contribution in [2.45, 2.75) is 51.6 Å². The summed E-state index contributed by atoms with van der Waals surface area (Å²) in [6.45, 7) is 10.1. The maximum Gasteiger partial charge on any atom is 0.0540 e. The summed E-state index contributed by atoms with van der Waals surface area (Å²) in [5.74, 6) is 0. The van der Waals surface area contributed by atoms with Gasteiger partial charge < -0.3 is 11.1 Å². The minimum absolute atomic E-state index is 0.0870. The van der Waals surface area contributed by atoms with E-state index >= 15 is 0 Å². The highest BCUT2D eigenvalue weighted by atomic mass is 15.2. The van der Waals surface area contributed by atoms with Gasteiger partial charge in [-0.2, -0.15) is 0 Å². The first kappa shape index (κ1) is 15.3. The van der Waals surface area contributed by atoms with E-state index in [1.165, 1.54) is 25.9 Å². The first-order valence-electron chi connectivity index (χ1n) is 7.81. The lowest BCUT2D eigenvalue weighted by molar-refractivity contribution is 0.0848. The molecular weight excluding hydrogens is 248 g/mol. The fraction of sp³-hybridized carbons (Fsp3) is 0.688. The molecule has 1 aliphatic rings. The largest absolute Gasteiger partial charge is 0.398 e. The van der Waals surface area contributed by atoms with Crippen LogP contribution in [0.4, 0.5) is 5.69 Å². The SMILES string of the molecule is CCNC(c1cnccc1N)C(C)(CC)N1CCCC1. The van der Waals surface area contributed by atoms with Crippen LogP contribution >= 0.6 is 0 Å². The number of hydrogen-bond acceptors (Lipinski definition) is 4. The molecule has 0 radical (unpaired) electrons. The van der Waals surface area contributed by atoms with Gasteiger partial charge >= 0.3 is 0 Å². The second kappa shape index (κ2) is 6.55. The van der Waals surface area contributed by atoms with Gasteiger partial charge in [-0.1, -0.05) is 13.8 Å². The average molecular weight is 276 g/mol. The van der Waals surface area contributed by atoms with Crippen LogP contribution in [0.15, 0.2) is 18.5 Å². The normalized spacial score (nSPS) is 20.8. The number of nitrogens with zero attached hydrogens (tertiary/aromatic N) is 2. The summed E-state index contributed by atoms with van der Waals surface area (Å²) in [5, 5.41) is 3.65. The number of likely N-dealkylation sites (N-methyl/N-ethyl adjacent to an activating group) is 1. The zero-order valence-electron chi connectivity index (χ0n) is 13.0. The highest BCUT2D eigenvalue weighted by Gasteiger charge is 2.40. The Morgan fingerprint density at radius 3 is 2.65 bits per heavy atom. The molecule has 3 N–H and O–H groups in total. The Labute approximate surface area is 122 Å². The third-order valence-corrected chi connectivity index (χ3v) is 4.77. The third kappa shape index (κ3) is 2.81. The van der Waals surface area contributed by atoms with E-state index in [-0.39, 0.29) is 11.6 Å². The van der Waals surface area contributed by atoms with Gasteiger partial charge in [0.15, 0.2) is 0 Å². The van der Waals surface area contributed by atoms with Crippen molar-refractivity contribution in [3.63, 3.8) is 0 Å². The summed E-state index contributed by atoms with van der Waals surface area (Å²) in [5.41, 5.74) is 8.26. The lowest BCUT2D eigenvalue weighted by Crippen LogP contribution is -2.53. The predicted molar refractivity (Wildman–Crippen MR) is 84.6 cm³/mol. The van der Waals surface area contributed by atoms with Crippen LogP contribution in [-0.2, 0) is 0 Å². The van der Waals surface area contributed by atoms with Crippen LogP contribution in [0.5, 0.6) is 0 Å². The van der Waals surface area contributed by atoms with E-state index in [0.29, 0.717) is 0 Å². The van der Waals surface area contributed by atoms with Crippen molar-refractivity contribution in [3.05, 3.63) is 24.0 Å². The van der Waals surface area contributed by atoms with Gasteiger partial charge in [0.25, 0.3) is 0 Å². The van der Waals surface area contributed by atoms with Crippen molar-refractivity contribution < 1.29 is 0 Å². The van der Waals surface area contributed by atoms with E-state index < -0.39 is 0 Å². The summed E-state index contributed by atoms with van der Waals surface area (Å²) in [6, 6.07) is 2.13. The molecule has 1 saturated heterocycles. The monoisotopic (exact) mass is 276 g/mol. The number of nitrogens with one attached hydrogen (secondary N) is 1. The Bertz CT molecular complexity index is 428. The zero-order chi connectivity index (χ0) is 14.6. The Hall–Kier alpha value is -1.13. The lowest BCUT2D eigenvalue weighted by atomic mass is 9.83. The molecule has 0 amide bonds. The van der Waals surface area contributed by atoms with Gasteiger partial charge in [-0.15, -0.1) is 0 Å². The minimum atomic E-state index is 0.0870. The number of pyridine rings is 1. The molecule has 1 aromatic rings. The number of anilines is 1. The van der Waals surface area contributed by atoms with Crippen molar-refractivity contribution in [2.24, 2.45) is 0 Å². The molecule has 112 valence electrons. The van der Waals surface area contributed by atoms with Crippen molar-refractivity contribution in [2.75, 3.05) is 25.4 Å². The predicted octanol–water partition coefficient (Wildman–Crippen LogP) is 2.58. The molecule has 1 aliphatic heterocycles. The molecule has 0 bridgehead atoms. The molecule has 4 nitrogen and oxygen atoms in total. The Balaban J connectivity index is 2.37. The topological polar surface area (TPSA) is 54.2 Å². The average Bonchev–Trinajstić information content (AvgIpc) is 3.00. The maximum atomic E-state index is 6.20. The highest BCUT2D eigenvalue weighted by Crippen LogP contribution is 2.38. The van der Waals surface area contributed by atoms with E-state index in [2.05, 4.69) is 36.0 Å². The van der Waals surface area contributed by atoms with E-state index in [1.807, 2.05) is 12.3 Å². The van der Waals surface area contributed by atoms with Gasteiger partial charge in [0.05, 0.1) is 6.04 Å². The first-order chi connectivity index (χ1) is 9.63. The fourth-order valence-electron chi connectivity index (χ4n) is 3.37. The van der Waals surface area contributed by atoms with Crippen LogP contribution in [0, 0.1) is 0 Å². The fourth-order valence-corrected chi connectivity index (χ4v) is 3.37. The molecule has 1 fully saturated rings. The van der Waals surface area contributed by atoms with Crippen LogP contribution in [0.25, 0.3) is 0 Å². The maximum absolute atomic E-state index is 6.20. The molecule has 20 heavy (non-hydrogen) atoms. The van der Waals surface area contributed by atoms with Crippen LogP contribution in [0.3, 0.4) is 0 Å². The number of nitrogen functional groups attached to an aromatic ring is 1. The molecule has 2 unspecified atom stereocenters. The second-order valence-corrected chi connectivity index (χ2v) is 5.90. The lowest BCUT2D eigenvalue weighted by Gasteiger charge is -2.45. The highest BCUT2D eigenvalue weighted by molar-refractivity contribution is 5.47. The van der Waals surface area contributed by atoms with Gasteiger partial charge in [-0.3, -0.25) is 9.88 Å².